The van der Waals surface area contributed by atoms with Crippen LogP contribution in [0.3, 0.4) is 0 Å². The van der Waals surface area contributed by atoms with E-state index in [1.54, 1.807) is 4.90 Å². The second kappa shape index (κ2) is 3.22. The average Bonchev–Trinajstić information content (AvgIpc) is 2.78. The molecule has 1 aliphatic carbocycles. The first-order valence-corrected chi connectivity index (χ1v) is 5.58. The molecule has 2 amide bonds. The van der Waals surface area contributed by atoms with Gasteiger partial charge in [-0.2, -0.15) is 0 Å². The van der Waals surface area contributed by atoms with E-state index < -0.39 is 6.03 Å². The number of ketones is 1. The van der Waals surface area contributed by atoms with Crippen molar-refractivity contribution in [3.05, 3.63) is 0 Å². The number of nitrogens with zero attached hydrogens (tertiary/aromatic N) is 1. The van der Waals surface area contributed by atoms with Gasteiger partial charge in [-0.05, 0) is 24.7 Å². The zero-order valence-corrected chi connectivity index (χ0v) is 9.32. The summed E-state index contributed by atoms with van der Waals surface area (Å²) in [6, 6.07) is -0.687. The van der Waals surface area contributed by atoms with Crippen molar-refractivity contribution >= 4 is 11.8 Å². The molecule has 2 aliphatic rings. The van der Waals surface area contributed by atoms with E-state index >= 15 is 0 Å². The summed E-state index contributed by atoms with van der Waals surface area (Å²) < 4.78 is 0. The molecule has 1 saturated heterocycles. The van der Waals surface area contributed by atoms with Gasteiger partial charge in [0.05, 0.1) is 6.04 Å². The fraction of sp³-hybridized carbons (Fsp3) is 0.818. The minimum absolute atomic E-state index is 0.0209. The first-order valence-electron chi connectivity index (χ1n) is 5.58. The summed E-state index contributed by atoms with van der Waals surface area (Å²) >= 11 is 0. The largest absolute Gasteiger partial charge is 0.351 e. The van der Waals surface area contributed by atoms with E-state index in [1.165, 1.54) is 0 Å². The molecule has 0 aromatic carbocycles. The lowest BCUT2D eigenvalue weighted by Gasteiger charge is -2.26. The SMILES string of the molecule is CC(C)C(=O)[C@H]1N(C(N)=O)CCC12CC2. The molecular weight excluding hydrogens is 192 g/mol. The zero-order valence-electron chi connectivity index (χ0n) is 9.32. The highest BCUT2D eigenvalue weighted by molar-refractivity contribution is 5.91. The molecule has 2 N–H and O–H groups in total. The lowest BCUT2D eigenvalue weighted by Crippen LogP contribution is -2.47. The molecule has 0 aromatic rings. The van der Waals surface area contributed by atoms with Crippen LogP contribution in [0.25, 0.3) is 0 Å². The van der Waals surface area contributed by atoms with Gasteiger partial charge in [0, 0.05) is 12.5 Å². The molecular formula is C11H18N2O2. The van der Waals surface area contributed by atoms with Crippen molar-refractivity contribution < 1.29 is 9.59 Å². The first kappa shape index (κ1) is 10.5. The number of hydrogen-bond donors (Lipinski definition) is 1. The van der Waals surface area contributed by atoms with Crippen LogP contribution in [0.4, 0.5) is 4.79 Å². The van der Waals surface area contributed by atoms with Crippen LogP contribution in [-0.4, -0.2) is 29.3 Å². The maximum Gasteiger partial charge on any atom is 0.315 e. The van der Waals surface area contributed by atoms with E-state index in [1.807, 2.05) is 13.8 Å². The number of amides is 2. The Morgan fingerprint density at radius 3 is 2.33 bits per heavy atom. The average molecular weight is 210 g/mol. The number of nitrogens with two attached hydrogens (primary N) is 1. The van der Waals surface area contributed by atoms with Crippen LogP contribution in [0.5, 0.6) is 0 Å². The molecule has 1 heterocycles. The Bertz CT molecular complexity index is 308. The number of hydrogen-bond acceptors (Lipinski definition) is 2. The maximum atomic E-state index is 12.1. The number of likely N-dealkylation sites (tertiary alicyclic amines) is 1. The molecule has 1 spiro atoms. The summed E-state index contributed by atoms with van der Waals surface area (Å²) in [4.78, 5) is 24.9. The molecule has 1 atom stereocenters. The van der Waals surface area contributed by atoms with Gasteiger partial charge in [0.15, 0.2) is 5.78 Å². The molecule has 0 bridgehead atoms. The number of rotatable bonds is 2. The summed E-state index contributed by atoms with van der Waals surface area (Å²) in [5.41, 5.74) is 5.40. The predicted octanol–water partition coefficient (Wildman–Crippen LogP) is 1.14. The normalized spacial score (nSPS) is 27.4. The van der Waals surface area contributed by atoms with Crippen LogP contribution in [0.1, 0.15) is 33.1 Å². The highest BCUT2D eigenvalue weighted by Crippen LogP contribution is 2.57. The summed E-state index contributed by atoms with van der Waals surface area (Å²) in [6.07, 6.45) is 3.08. The number of primary amides is 1. The molecule has 4 heteroatoms. The van der Waals surface area contributed by atoms with E-state index in [9.17, 15) is 9.59 Å². The second-order valence-corrected chi connectivity index (χ2v) is 5.10. The van der Waals surface area contributed by atoms with Crippen molar-refractivity contribution in [2.24, 2.45) is 17.1 Å². The van der Waals surface area contributed by atoms with Gasteiger partial charge in [0.2, 0.25) is 0 Å². The highest BCUT2D eigenvalue weighted by Gasteiger charge is 2.59. The van der Waals surface area contributed by atoms with Crippen LogP contribution in [0.2, 0.25) is 0 Å². The minimum Gasteiger partial charge on any atom is -0.351 e. The molecule has 0 aromatic heterocycles. The number of carbonyl (C=O) groups excluding carboxylic acids is 2. The van der Waals surface area contributed by atoms with Crippen LogP contribution >= 0.6 is 0 Å². The Balaban J connectivity index is 2.23. The van der Waals surface area contributed by atoms with Crippen LogP contribution in [0.15, 0.2) is 0 Å². The van der Waals surface area contributed by atoms with E-state index in [0.29, 0.717) is 6.54 Å². The summed E-state index contributed by atoms with van der Waals surface area (Å²) in [5.74, 6) is 0.149. The maximum absolute atomic E-state index is 12.1. The lowest BCUT2D eigenvalue weighted by atomic mass is 9.89. The number of urea groups is 1. The molecule has 0 radical (unpaired) electrons. The minimum atomic E-state index is -0.447. The Hall–Kier alpha value is -1.06. The highest BCUT2D eigenvalue weighted by atomic mass is 16.2. The molecule has 2 rings (SSSR count). The fourth-order valence-corrected chi connectivity index (χ4v) is 2.63. The van der Waals surface area contributed by atoms with Crippen molar-refractivity contribution in [1.82, 2.24) is 4.90 Å². The van der Waals surface area contributed by atoms with Gasteiger partial charge in [-0.25, -0.2) is 4.79 Å². The zero-order chi connectivity index (χ0) is 11.2. The third-order valence-corrected chi connectivity index (χ3v) is 3.76. The molecule has 2 fully saturated rings. The van der Waals surface area contributed by atoms with Crippen LogP contribution in [0, 0.1) is 11.3 Å². The van der Waals surface area contributed by atoms with Crippen molar-refractivity contribution in [1.29, 1.82) is 0 Å². The molecule has 4 nitrogen and oxygen atoms in total. The number of Topliss-reactive ketones (excluding diaryl/α,β-unsaturated/α-hetero) is 1. The van der Waals surface area contributed by atoms with Crippen molar-refractivity contribution in [2.75, 3.05) is 6.54 Å². The van der Waals surface area contributed by atoms with E-state index in [4.69, 9.17) is 5.73 Å². The fourth-order valence-electron chi connectivity index (χ4n) is 2.63. The summed E-state index contributed by atoms with van der Waals surface area (Å²) in [5, 5.41) is 0. The van der Waals surface area contributed by atoms with Gasteiger partial charge >= 0.3 is 6.03 Å². The topological polar surface area (TPSA) is 63.4 Å². The third kappa shape index (κ3) is 1.52. The third-order valence-electron chi connectivity index (χ3n) is 3.76. The van der Waals surface area contributed by atoms with Gasteiger partial charge < -0.3 is 10.6 Å². The standard InChI is InChI=1S/C11H18N2O2/c1-7(2)8(14)9-11(3-4-11)5-6-13(9)10(12)15/h7,9H,3-6H2,1-2H3,(H2,12,15)/t9-/m1/s1. The van der Waals surface area contributed by atoms with E-state index in [-0.39, 0.29) is 23.2 Å². The predicted molar refractivity (Wildman–Crippen MR) is 56.2 cm³/mol. The van der Waals surface area contributed by atoms with Crippen molar-refractivity contribution in [3.8, 4) is 0 Å². The summed E-state index contributed by atoms with van der Waals surface area (Å²) in [7, 11) is 0. The summed E-state index contributed by atoms with van der Waals surface area (Å²) in [6.45, 7) is 4.42. The Kier molecular flexibility index (Phi) is 2.24. The van der Waals surface area contributed by atoms with Gasteiger partial charge in [-0.3, -0.25) is 4.79 Å². The van der Waals surface area contributed by atoms with Crippen molar-refractivity contribution in [2.45, 2.75) is 39.2 Å². The van der Waals surface area contributed by atoms with Gasteiger partial charge in [-0.15, -0.1) is 0 Å². The Labute approximate surface area is 89.8 Å². The van der Waals surface area contributed by atoms with Crippen LogP contribution in [-0.2, 0) is 4.79 Å². The second-order valence-electron chi connectivity index (χ2n) is 5.10. The molecule has 0 unspecified atom stereocenters. The van der Waals surface area contributed by atoms with Crippen LogP contribution < -0.4 is 5.73 Å². The van der Waals surface area contributed by atoms with Gasteiger partial charge in [-0.1, -0.05) is 13.8 Å². The van der Waals surface area contributed by atoms with Gasteiger partial charge in [0.25, 0.3) is 0 Å². The van der Waals surface area contributed by atoms with E-state index in [0.717, 1.165) is 19.3 Å². The van der Waals surface area contributed by atoms with E-state index in [2.05, 4.69) is 0 Å². The first-order chi connectivity index (χ1) is 6.98. The smallest absolute Gasteiger partial charge is 0.315 e. The van der Waals surface area contributed by atoms with Gasteiger partial charge in [0.1, 0.15) is 0 Å². The Morgan fingerprint density at radius 1 is 1.33 bits per heavy atom. The number of carbonyl (C=O) groups is 2. The monoisotopic (exact) mass is 210 g/mol. The Morgan fingerprint density at radius 2 is 1.93 bits per heavy atom. The molecule has 1 aliphatic heterocycles. The molecule has 1 saturated carbocycles. The van der Waals surface area contributed by atoms with Crippen molar-refractivity contribution in [3.63, 3.8) is 0 Å². The molecule has 15 heavy (non-hydrogen) atoms. The molecule has 84 valence electrons. The lowest BCUT2D eigenvalue weighted by molar-refractivity contribution is -0.127. The quantitative estimate of drug-likeness (QED) is 0.743.